The largest absolute Gasteiger partial charge is 0.239 e. The summed E-state index contributed by atoms with van der Waals surface area (Å²) in [6.07, 6.45) is 0. The van der Waals surface area contributed by atoms with Gasteiger partial charge < -0.3 is 0 Å². The number of nitrogens with two attached hydrogens (primary N) is 1. The van der Waals surface area contributed by atoms with Gasteiger partial charge in [-0.1, -0.05) is 11.6 Å². The Morgan fingerprint density at radius 2 is 2.00 bits per heavy atom. The Kier molecular flexibility index (Phi) is 3.01. The number of aryl methyl sites for hydroxylation is 1. The summed E-state index contributed by atoms with van der Waals surface area (Å²) in [5.74, 6) is 0. The molecule has 1 aromatic carbocycles. The Bertz CT molecular complexity index is 444. The first-order valence-electron chi connectivity index (χ1n) is 3.31. The number of benzene rings is 1. The van der Waals surface area contributed by atoms with Gasteiger partial charge in [0.2, 0.25) is 10.0 Å². The van der Waals surface area contributed by atoms with E-state index in [1.807, 2.05) is 0 Å². The van der Waals surface area contributed by atoms with E-state index in [2.05, 4.69) is 15.9 Å². The molecule has 2 N–H and O–H groups in total. The predicted molar refractivity (Wildman–Crippen MR) is 55.3 cm³/mol. The van der Waals surface area contributed by atoms with E-state index in [9.17, 15) is 8.42 Å². The Morgan fingerprint density at radius 3 is 2.46 bits per heavy atom. The van der Waals surface area contributed by atoms with Gasteiger partial charge in [0.25, 0.3) is 0 Å². The van der Waals surface area contributed by atoms with Gasteiger partial charge in [-0.3, -0.25) is 0 Å². The van der Waals surface area contributed by atoms with Crippen LogP contribution in [0.1, 0.15) is 5.56 Å². The lowest BCUT2D eigenvalue weighted by Crippen LogP contribution is -2.13. The van der Waals surface area contributed by atoms with Crippen molar-refractivity contribution in [1.82, 2.24) is 0 Å². The Hall–Kier alpha value is -0.100. The summed E-state index contributed by atoms with van der Waals surface area (Å²) >= 11 is 8.82. The van der Waals surface area contributed by atoms with Gasteiger partial charge in [0.05, 0.1) is 4.90 Å². The molecule has 1 aromatic rings. The molecule has 0 saturated carbocycles. The van der Waals surface area contributed by atoms with Crippen LogP contribution in [0.2, 0.25) is 5.02 Å². The Labute approximate surface area is 90.1 Å². The lowest BCUT2D eigenvalue weighted by molar-refractivity contribution is 0.597. The number of rotatable bonds is 1. The molecule has 0 heterocycles. The van der Waals surface area contributed by atoms with Crippen molar-refractivity contribution in [3.8, 4) is 0 Å². The third-order valence-corrected chi connectivity index (χ3v) is 3.96. The second kappa shape index (κ2) is 3.57. The summed E-state index contributed by atoms with van der Waals surface area (Å²) < 4.78 is 22.6. The van der Waals surface area contributed by atoms with E-state index in [-0.39, 0.29) is 4.90 Å². The molecule has 0 spiro atoms. The average molecular weight is 285 g/mol. The average Bonchev–Trinajstić information content (AvgIpc) is 1.94. The molecule has 0 aliphatic carbocycles. The minimum atomic E-state index is -3.71. The standard InChI is InChI=1S/C7H7BrClNO2S/c1-4-2-5(9)3-6(7(4)8)13(10,11)12/h2-3H,1H3,(H2,10,11,12). The number of sulfonamides is 1. The monoisotopic (exact) mass is 283 g/mol. The summed E-state index contributed by atoms with van der Waals surface area (Å²) in [6.45, 7) is 1.74. The number of hydrogen-bond acceptors (Lipinski definition) is 2. The number of primary sulfonamides is 1. The van der Waals surface area contributed by atoms with Crippen LogP contribution in [0.25, 0.3) is 0 Å². The highest BCUT2D eigenvalue weighted by atomic mass is 79.9. The van der Waals surface area contributed by atoms with Gasteiger partial charge in [0.1, 0.15) is 0 Å². The van der Waals surface area contributed by atoms with Crippen LogP contribution in [0.15, 0.2) is 21.5 Å². The molecule has 0 aromatic heterocycles. The smallest absolute Gasteiger partial charge is 0.225 e. The van der Waals surface area contributed by atoms with E-state index in [0.717, 1.165) is 5.56 Å². The number of halogens is 2. The Balaban J connectivity index is 3.56. The van der Waals surface area contributed by atoms with Gasteiger partial charge in [0.15, 0.2) is 0 Å². The van der Waals surface area contributed by atoms with Crippen LogP contribution in [-0.4, -0.2) is 8.42 Å². The highest BCUT2D eigenvalue weighted by Crippen LogP contribution is 2.28. The molecule has 0 fully saturated rings. The molecule has 0 amide bonds. The van der Waals surface area contributed by atoms with Gasteiger partial charge in [-0.25, -0.2) is 13.6 Å². The van der Waals surface area contributed by atoms with Crippen molar-refractivity contribution in [2.24, 2.45) is 5.14 Å². The molecule has 0 saturated heterocycles. The maximum atomic E-state index is 11.0. The van der Waals surface area contributed by atoms with E-state index in [0.29, 0.717) is 9.50 Å². The molecule has 0 unspecified atom stereocenters. The summed E-state index contributed by atoms with van der Waals surface area (Å²) in [6, 6.07) is 2.97. The van der Waals surface area contributed by atoms with Crippen LogP contribution in [0.3, 0.4) is 0 Å². The van der Waals surface area contributed by atoms with Crippen molar-refractivity contribution in [1.29, 1.82) is 0 Å². The lowest BCUT2D eigenvalue weighted by Gasteiger charge is -2.05. The van der Waals surface area contributed by atoms with Crippen LogP contribution >= 0.6 is 27.5 Å². The first-order chi connectivity index (χ1) is 5.82. The van der Waals surface area contributed by atoms with Crippen LogP contribution < -0.4 is 5.14 Å². The quantitative estimate of drug-likeness (QED) is 0.858. The molecule has 0 aliphatic heterocycles. The first kappa shape index (κ1) is 11.0. The van der Waals surface area contributed by atoms with Crippen LogP contribution in [-0.2, 0) is 10.0 Å². The van der Waals surface area contributed by atoms with E-state index in [1.54, 1.807) is 13.0 Å². The predicted octanol–water partition coefficient (Wildman–Crippen LogP) is 2.06. The zero-order valence-electron chi connectivity index (χ0n) is 6.71. The van der Waals surface area contributed by atoms with Crippen molar-refractivity contribution in [2.45, 2.75) is 11.8 Å². The van der Waals surface area contributed by atoms with E-state index in [1.165, 1.54) is 6.07 Å². The molecule has 0 atom stereocenters. The second-order valence-corrected chi connectivity index (χ2v) is 5.34. The third kappa shape index (κ3) is 2.43. The van der Waals surface area contributed by atoms with Gasteiger partial charge in [-0.15, -0.1) is 0 Å². The minimum Gasteiger partial charge on any atom is -0.225 e. The molecule has 72 valence electrons. The van der Waals surface area contributed by atoms with Crippen LogP contribution in [0.5, 0.6) is 0 Å². The molecular weight excluding hydrogens is 278 g/mol. The Morgan fingerprint density at radius 1 is 1.46 bits per heavy atom. The van der Waals surface area contributed by atoms with Gasteiger partial charge in [-0.2, -0.15) is 0 Å². The number of hydrogen-bond donors (Lipinski definition) is 1. The van der Waals surface area contributed by atoms with E-state index < -0.39 is 10.0 Å². The molecular formula is C7H7BrClNO2S. The molecule has 0 radical (unpaired) electrons. The highest BCUT2D eigenvalue weighted by molar-refractivity contribution is 9.10. The van der Waals surface area contributed by atoms with Crippen molar-refractivity contribution in [3.63, 3.8) is 0 Å². The maximum Gasteiger partial charge on any atom is 0.239 e. The summed E-state index contributed by atoms with van der Waals surface area (Å²) in [4.78, 5) is 0.0116. The lowest BCUT2D eigenvalue weighted by atomic mass is 10.2. The normalized spacial score (nSPS) is 11.7. The molecule has 3 nitrogen and oxygen atoms in total. The van der Waals surface area contributed by atoms with Gasteiger partial charge >= 0.3 is 0 Å². The van der Waals surface area contributed by atoms with Crippen LogP contribution in [0, 0.1) is 6.92 Å². The highest BCUT2D eigenvalue weighted by Gasteiger charge is 2.14. The van der Waals surface area contributed by atoms with Crippen LogP contribution in [0.4, 0.5) is 0 Å². The zero-order chi connectivity index (χ0) is 10.2. The second-order valence-electron chi connectivity index (χ2n) is 2.58. The van der Waals surface area contributed by atoms with Crippen molar-refractivity contribution >= 4 is 37.6 Å². The zero-order valence-corrected chi connectivity index (χ0v) is 9.87. The SMILES string of the molecule is Cc1cc(Cl)cc(S(N)(=O)=O)c1Br. The topological polar surface area (TPSA) is 60.2 Å². The van der Waals surface area contributed by atoms with E-state index >= 15 is 0 Å². The fraction of sp³-hybridized carbons (Fsp3) is 0.143. The van der Waals surface area contributed by atoms with Crippen molar-refractivity contribution in [2.75, 3.05) is 0 Å². The van der Waals surface area contributed by atoms with Gasteiger partial charge in [-0.05, 0) is 40.5 Å². The molecule has 0 bridgehead atoms. The first-order valence-corrected chi connectivity index (χ1v) is 6.02. The summed E-state index contributed by atoms with van der Waals surface area (Å²) in [5, 5.41) is 5.33. The maximum absolute atomic E-state index is 11.0. The fourth-order valence-corrected chi connectivity index (χ4v) is 2.85. The molecule has 6 heteroatoms. The molecule has 1 rings (SSSR count). The summed E-state index contributed by atoms with van der Waals surface area (Å²) in [7, 11) is -3.71. The third-order valence-electron chi connectivity index (χ3n) is 1.49. The van der Waals surface area contributed by atoms with Crippen molar-refractivity contribution < 1.29 is 8.42 Å². The van der Waals surface area contributed by atoms with E-state index in [4.69, 9.17) is 16.7 Å². The fourth-order valence-electron chi connectivity index (χ4n) is 0.902. The molecule has 0 aliphatic rings. The molecule has 13 heavy (non-hydrogen) atoms. The summed E-state index contributed by atoms with van der Waals surface area (Å²) in [5.41, 5.74) is 0.733. The van der Waals surface area contributed by atoms with Crippen molar-refractivity contribution in [3.05, 3.63) is 27.2 Å². The van der Waals surface area contributed by atoms with Gasteiger partial charge in [0, 0.05) is 9.50 Å². The minimum absolute atomic E-state index is 0.0116.